The molecule has 4 rings (SSSR count). The van der Waals surface area contributed by atoms with Crippen LogP contribution >= 0.6 is 0 Å². The summed E-state index contributed by atoms with van der Waals surface area (Å²) in [5.41, 5.74) is 2.55. The molecule has 10 heteroatoms. The van der Waals surface area contributed by atoms with E-state index in [0.29, 0.717) is 22.5 Å². The number of halogens is 2. The van der Waals surface area contributed by atoms with E-state index in [2.05, 4.69) is 64.7 Å². The lowest BCUT2D eigenvalue weighted by atomic mass is 10.1. The van der Waals surface area contributed by atoms with Gasteiger partial charge in [0.15, 0.2) is 0 Å². The summed E-state index contributed by atoms with van der Waals surface area (Å²) >= 11 is 0. The highest BCUT2D eigenvalue weighted by Gasteiger charge is 2.25. The highest BCUT2D eigenvalue weighted by molar-refractivity contribution is 5.93. The highest BCUT2D eigenvalue weighted by atomic mass is 19.1. The van der Waals surface area contributed by atoms with E-state index in [1.807, 2.05) is 60.7 Å². The summed E-state index contributed by atoms with van der Waals surface area (Å²) in [6, 6.07) is 13.5. The van der Waals surface area contributed by atoms with Crippen LogP contribution in [-0.4, -0.2) is 74.3 Å². The molecule has 52 heavy (non-hydrogen) atoms. The van der Waals surface area contributed by atoms with Crippen LogP contribution in [0.2, 0.25) is 0 Å². The van der Waals surface area contributed by atoms with Gasteiger partial charge in [-0.15, -0.1) is 0 Å². The van der Waals surface area contributed by atoms with Crippen molar-refractivity contribution in [3.63, 3.8) is 0 Å². The molecular weight excluding hydrogens is 658 g/mol. The zero-order valence-corrected chi connectivity index (χ0v) is 32.3. The molecule has 3 heterocycles. The van der Waals surface area contributed by atoms with Crippen LogP contribution in [0.4, 0.5) is 8.78 Å². The molecule has 0 aliphatic heterocycles. The van der Waals surface area contributed by atoms with E-state index < -0.39 is 11.6 Å². The Labute approximate surface area is 308 Å². The molecule has 1 N–H and O–H groups in total. The number of hydrogen-bond acceptors (Lipinski definition) is 6. The topological polar surface area (TPSA) is 91.3 Å². The van der Waals surface area contributed by atoms with Crippen molar-refractivity contribution in [1.29, 1.82) is 0 Å². The van der Waals surface area contributed by atoms with Crippen LogP contribution in [0.5, 0.6) is 0 Å². The monoisotopic (exact) mass is 708 g/mol. The maximum Gasteiger partial charge on any atom is 0.272 e. The minimum atomic E-state index is -0.588. The number of aromatic nitrogens is 3. The lowest BCUT2D eigenvalue weighted by Gasteiger charge is -2.31. The molecule has 0 fully saturated rings. The standard InChI is InChI=1S/C19H18F2N2O.C18H19N3O.C5H13N/c1-19(2,3)23(4)18(24)17-10-6-13(12-22-17)5-7-14-11-15(20)8-9-16(14)21;1-18(2,3)21(4)17(22)16-10-9-15(13-20-16)8-7-14-6-5-11-19-12-14;1-5(2,3)6-4/h6,8-12H,1-4H3;5-6,9-13H,1-4H3;6H,1-4H3. The fourth-order valence-electron chi connectivity index (χ4n) is 3.46. The first kappa shape index (κ1) is 42.7. The third-order valence-corrected chi connectivity index (χ3v) is 7.62. The van der Waals surface area contributed by atoms with E-state index in [4.69, 9.17) is 0 Å². The Morgan fingerprint density at radius 3 is 1.46 bits per heavy atom. The van der Waals surface area contributed by atoms with Crippen molar-refractivity contribution in [2.45, 2.75) is 78.9 Å². The molecule has 4 aromatic rings. The third-order valence-electron chi connectivity index (χ3n) is 7.62. The summed E-state index contributed by atoms with van der Waals surface area (Å²) in [6.45, 7) is 18.1. The molecule has 0 bridgehead atoms. The first-order valence-corrected chi connectivity index (χ1v) is 16.7. The molecule has 0 atom stereocenters. The highest BCUT2D eigenvalue weighted by Crippen LogP contribution is 2.15. The van der Waals surface area contributed by atoms with Crippen molar-refractivity contribution in [3.05, 3.63) is 125 Å². The van der Waals surface area contributed by atoms with Gasteiger partial charge in [0.2, 0.25) is 0 Å². The van der Waals surface area contributed by atoms with Crippen molar-refractivity contribution in [1.82, 2.24) is 30.1 Å². The Morgan fingerprint density at radius 1 is 0.654 bits per heavy atom. The molecule has 0 unspecified atom stereocenters. The summed E-state index contributed by atoms with van der Waals surface area (Å²) in [7, 11) is 5.45. The maximum absolute atomic E-state index is 13.5. The van der Waals surface area contributed by atoms with Crippen molar-refractivity contribution in [3.8, 4) is 23.7 Å². The average Bonchev–Trinajstić information content (AvgIpc) is 3.10. The molecule has 0 saturated heterocycles. The third kappa shape index (κ3) is 14.4. The van der Waals surface area contributed by atoms with Gasteiger partial charge in [-0.1, -0.05) is 23.7 Å². The maximum atomic E-state index is 13.5. The van der Waals surface area contributed by atoms with Crippen LogP contribution in [0.3, 0.4) is 0 Å². The molecular formula is C42H50F2N6O2. The first-order valence-electron chi connectivity index (χ1n) is 16.7. The van der Waals surface area contributed by atoms with E-state index in [0.717, 1.165) is 29.3 Å². The van der Waals surface area contributed by atoms with Gasteiger partial charge in [0, 0.05) is 72.2 Å². The second-order valence-corrected chi connectivity index (χ2v) is 14.8. The minimum absolute atomic E-state index is 0.0254. The van der Waals surface area contributed by atoms with Gasteiger partial charge in [-0.3, -0.25) is 14.6 Å². The Morgan fingerprint density at radius 2 is 1.10 bits per heavy atom. The number of pyridine rings is 3. The molecule has 8 nitrogen and oxygen atoms in total. The minimum Gasteiger partial charge on any atom is -0.336 e. The molecule has 0 spiro atoms. The van der Waals surface area contributed by atoms with Crippen LogP contribution in [0, 0.1) is 35.3 Å². The van der Waals surface area contributed by atoms with Gasteiger partial charge in [-0.05, 0) is 124 Å². The van der Waals surface area contributed by atoms with Crippen LogP contribution in [0.15, 0.2) is 79.4 Å². The van der Waals surface area contributed by atoms with Gasteiger partial charge in [-0.2, -0.15) is 0 Å². The lowest BCUT2D eigenvalue weighted by Crippen LogP contribution is -2.42. The van der Waals surface area contributed by atoms with Gasteiger partial charge < -0.3 is 15.1 Å². The predicted molar refractivity (Wildman–Crippen MR) is 204 cm³/mol. The number of nitrogens with zero attached hydrogens (tertiary/aromatic N) is 5. The fraction of sp³-hybridized carbons (Fsp3) is 0.357. The largest absolute Gasteiger partial charge is 0.336 e. The number of benzene rings is 1. The van der Waals surface area contributed by atoms with Crippen LogP contribution < -0.4 is 5.32 Å². The van der Waals surface area contributed by atoms with E-state index in [1.165, 1.54) is 6.20 Å². The SMILES string of the molecule is CN(C(=O)c1ccc(C#Cc2cc(F)ccc2F)cn1)C(C)(C)C.CN(C(=O)c1ccc(C#Cc2cccnc2)cn1)C(C)(C)C.CNC(C)(C)C. The van der Waals surface area contributed by atoms with Crippen LogP contribution in [-0.2, 0) is 0 Å². The first-order chi connectivity index (χ1) is 24.1. The Kier molecular flexibility index (Phi) is 15.4. The average molecular weight is 709 g/mol. The zero-order valence-electron chi connectivity index (χ0n) is 32.3. The Balaban J connectivity index is 0.000000312. The van der Waals surface area contributed by atoms with E-state index >= 15 is 0 Å². The number of carbonyl (C=O) groups is 2. The van der Waals surface area contributed by atoms with Gasteiger partial charge in [-0.25, -0.2) is 18.7 Å². The molecule has 274 valence electrons. The Hall–Kier alpha value is -5.45. The van der Waals surface area contributed by atoms with E-state index in [1.54, 1.807) is 66.8 Å². The summed E-state index contributed by atoms with van der Waals surface area (Å²) in [6.07, 6.45) is 6.47. The number of rotatable bonds is 2. The summed E-state index contributed by atoms with van der Waals surface area (Å²) in [4.78, 5) is 40.2. The molecule has 2 amide bonds. The fourth-order valence-corrected chi connectivity index (χ4v) is 3.46. The smallest absolute Gasteiger partial charge is 0.272 e. The number of amides is 2. The molecule has 0 saturated carbocycles. The molecule has 0 radical (unpaired) electrons. The quantitative estimate of drug-likeness (QED) is 0.219. The summed E-state index contributed by atoms with van der Waals surface area (Å²) in [5, 5.41) is 3.10. The summed E-state index contributed by atoms with van der Waals surface area (Å²) < 4.78 is 26.6. The normalized spacial score (nSPS) is 10.8. The second kappa shape index (κ2) is 18.7. The molecule has 0 aliphatic rings. The zero-order chi connectivity index (χ0) is 39.3. The lowest BCUT2D eigenvalue weighted by molar-refractivity contribution is 0.0640. The second-order valence-electron chi connectivity index (χ2n) is 14.8. The number of hydrogen-bond donors (Lipinski definition) is 1. The van der Waals surface area contributed by atoms with E-state index in [9.17, 15) is 18.4 Å². The van der Waals surface area contributed by atoms with Gasteiger partial charge in [0.1, 0.15) is 23.0 Å². The van der Waals surface area contributed by atoms with Gasteiger partial charge in [0.05, 0.1) is 5.56 Å². The Bertz CT molecular complexity index is 1900. The van der Waals surface area contributed by atoms with Crippen molar-refractivity contribution >= 4 is 11.8 Å². The molecule has 1 aromatic carbocycles. The van der Waals surface area contributed by atoms with Crippen molar-refractivity contribution in [2.75, 3.05) is 21.1 Å². The number of nitrogens with one attached hydrogen (secondary N) is 1. The molecule has 3 aromatic heterocycles. The predicted octanol–water partition coefficient (Wildman–Crippen LogP) is 7.38. The van der Waals surface area contributed by atoms with Gasteiger partial charge >= 0.3 is 0 Å². The number of carbonyl (C=O) groups excluding carboxylic acids is 2. The van der Waals surface area contributed by atoms with Crippen molar-refractivity contribution in [2.24, 2.45) is 0 Å². The van der Waals surface area contributed by atoms with Crippen molar-refractivity contribution < 1.29 is 18.4 Å². The molecule has 0 aliphatic carbocycles. The van der Waals surface area contributed by atoms with Gasteiger partial charge in [0.25, 0.3) is 11.8 Å². The van der Waals surface area contributed by atoms with E-state index in [-0.39, 0.29) is 28.5 Å². The van der Waals surface area contributed by atoms with Crippen LogP contribution in [0.25, 0.3) is 0 Å². The van der Waals surface area contributed by atoms with Crippen LogP contribution in [0.1, 0.15) is 106 Å². The summed E-state index contributed by atoms with van der Waals surface area (Å²) in [5.74, 6) is 9.86.